The maximum absolute atomic E-state index is 5.65. The molecule has 1 aliphatic rings. The van der Waals surface area contributed by atoms with Gasteiger partial charge in [-0.25, -0.2) is 0 Å². The van der Waals surface area contributed by atoms with E-state index in [1.54, 1.807) is 7.11 Å². The van der Waals surface area contributed by atoms with Crippen molar-refractivity contribution in [3.8, 4) is 5.75 Å². The molecule has 4 rings (SSSR count). The van der Waals surface area contributed by atoms with Gasteiger partial charge in [0, 0.05) is 0 Å². The quantitative estimate of drug-likeness (QED) is 0.481. The van der Waals surface area contributed by atoms with Gasteiger partial charge in [-0.3, -0.25) is 0 Å². The molecule has 2 heteroatoms. The van der Waals surface area contributed by atoms with E-state index in [9.17, 15) is 0 Å². The molecule has 29 heavy (non-hydrogen) atoms. The third kappa shape index (κ3) is 3.80. The van der Waals surface area contributed by atoms with Gasteiger partial charge >= 0.3 is 0 Å². The van der Waals surface area contributed by atoms with E-state index in [2.05, 4.69) is 99.6 Å². The zero-order valence-corrected chi connectivity index (χ0v) is 18.5. The summed E-state index contributed by atoms with van der Waals surface area (Å²) in [6.45, 7) is 6.77. The molecule has 0 saturated heterocycles. The maximum atomic E-state index is 5.65. The molecule has 0 atom stereocenters. The molecular weight excluding hydrogens is 371 g/mol. The van der Waals surface area contributed by atoms with Crippen LogP contribution in [-0.2, 0) is 0 Å². The first-order valence-corrected chi connectivity index (χ1v) is 11.4. The number of rotatable bonds is 5. The van der Waals surface area contributed by atoms with Crippen LogP contribution in [0.3, 0.4) is 0 Å². The standard InChI is InChI=1S/C27H27OP/c1-19-17-26(21(3)20(19)2)25-16-15-22(28-4)18-27(25)29(23-11-7-5-8-12-23)24-13-9-6-10-14-24/h5-16,18H,17H2,1-4H3. The lowest BCUT2D eigenvalue weighted by atomic mass is 10.00. The van der Waals surface area contributed by atoms with E-state index in [0.717, 1.165) is 12.2 Å². The molecule has 0 aromatic heterocycles. The van der Waals surface area contributed by atoms with E-state index in [4.69, 9.17) is 4.74 Å². The van der Waals surface area contributed by atoms with E-state index in [0.29, 0.717) is 0 Å². The van der Waals surface area contributed by atoms with E-state index < -0.39 is 7.92 Å². The van der Waals surface area contributed by atoms with Crippen molar-refractivity contribution < 1.29 is 4.74 Å². The molecule has 3 aromatic rings. The first-order valence-electron chi connectivity index (χ1n) is 10.0. The molecule has 1 nitrogen and oxygen atoms in total. The first kappa shape index (κ1) is 19.7. The summed E-state index contributed by atoms with van der Waals surface area (Å²) in [4.78, 5) is 0. The average molecular weight is 398 g/mol. The molecular formula is C27H27OP. The maximum Gasteiger partial charge on any atom is 0.119 e. The van der Waals surface area contributed by atoms with Crippen LogP contribution in [0.1, 0.15) is 32.8 Å². The number of benzene rings is 3. The van der Waals surface area contributed by atoms with Gasteiger partial charge in [0.05, 0.1) is 7.11 Å². The van der Waals surface area contributed by atoms with Gasteiger partial charge in [-0.2, -0.15) is 0 Å². The summed E-state index contributed by atoms with van der Waals surface area (Å²) in [5, 5.41) is 4.09. The summed E-state index contributed by atoms with van der Waals surface area (Å²) in [5.41, 5.74) is 7.15. The second kappa shape index (κ2) is 8.39. The normalized spacial score (nSPS) is 14.1. The van der Waals surface area contributed by atoms with Crippen LogP contribution >= 0.6 is 7.92 Å². The van der Waals surface area contributed by atoms with Crippen molar-refractivity contribution in [1.82, 2.24) is 0 Å². The Morgan fingerprint density at radius 1 is 0.724 bits per heavy atom. The van der Waals surface area contributed by atoms with Crippen molar-refractivity contribution in [3.63, 3.8) is 0 Å². The van der Waals surface area contributed by atoms with Gasteiger partial charge in [0.25, 0.3) is 0 Å². The van der Waals surface area contributed by atoms with Gasteiger partial charge in [0.1, 0.15) is 5.75 Å². The summed E-state index contributed by atoms with van der Waals surface area (Å²) >= 11 is 0. The molecule has 0 spiro atoms. The molecule has 0 amide bonds. The van der Waals surface area contributed by atoms with Gasteiger partial charge in [-0.15, -0.1) is 0 Å². The molecule has 0 unspecified atom stereocenters. The lowest BCUT2D eigenvalue weighted by molar-refractivity contribution is 0.415. The minimum atomic E-state index is -0.685. The highest BCUT2D eigenvalue weighted by Gasteiger charge is 2.25. The highest BCUT2D eigenvalue weighted by Crippen LogP contribution is 2.42. The summed E-state index contributed by atoms with van der Waals surface area (Å²) in [5.74, 6) is 0.917. The number of methoxy groups -OCH3 is 1. The largest absolute Gasteiger partial charge is 0.497 e. The van der Waals surface area contributed by atoms with Crippen LogP contribution in [0.5, 0.6) is 5.75 Å². The first-order chi connectivity index (χ1) is 14.1. The van der Waals surface area contributed by atoms with E-state index >= 15 is 0 Å². The molecule has 0 fully saturated rings. The fraction of sp³-hybridized carbons (Fsp3) is 0.185. The summed E-state index contributed by atoms with van der Waals surface area (Å²) in [6.07, 6.45) is 1.03. The van der Waals surface area contributed by atoms with Crippen LogP contribution in [0.2, 0.25) is 0 Å². The number of ether oxygens (including phenoxy) is 1. The van der Waals surface area contributed by atoms with E-state index in [1.807, 2.05) is 0 Å². The van der Waals surface area contributed by atoms with Crippen LogP contribution in [0.25, 0.3) is 5.57 Å². The monoisotopic (exact) mass is 398 g/mol. The Morgan fingerprint density at radius 2 is 1.31 bits per heavy atom. The smallest absolute Gasteiger partial charge is 0.119 e. The van der Waals surface area contributed by atoms with Gasteiger partial charge < -0.3 is 4.74 Å². The van der Waals surface area contributed by atoms with Crippen molar-refractivity contribution in [2.75, 3.05) is 7.11 Å². The minimum absolute atomic E-state index is 0.685. The second-order valence-corrected chi connectivity index (χ2v) is 9.76. The Labute approximate surface area is 175 Å². The summed E-state index contributed by atoms with van der Waals surface area (Å²) < 4.78 is 5.65. The van der Waals surface area contributed by atoms with Crippen LogP contribution in [0.4, 0.5) is 0 Å². The Balaban J connectivity index is 1.96. The minimum Gasteiger partial charge on any atom is -0.497 e. The van der Waals surface area contributed by atoms with Gasteiger partial charge in [0.2, 0.25) is 0 Å². The molecule has 3 aromatic carbocycles. The Morgan fingerprint density at radius 3 is 1.79 bits per heavy atom. The zero-order valence-electron chi connectivity index (χ0n) is 17.6. The lowest BCUT2D eigenvalue weighted by Gasteiger charge is -2.24. The van der Waals surface area contributed by atoms with Crippen LogP contribution < -0.4 is 20.7 Å². The topological polar surface area (TPSA) is 9.23 Å². The fourth-order valence-electron chi connectivity index (χ4n) is 4.03. The average Bonchev–Trinajstić information content (AvgIpc) is 3.02. The molecule has 146 valence electrons. The molecule has 1 aliphatic carbocycles. The molecule has 0 aliphatic heterocycles. The van der Waals surface area contributed by atoms with Crippen molar-refractivity contribution in [2.45, 2.75) is 27.2 Å². The lowest BCUT2D eigenvalue weighted by Crippen LogP contribution is -2.23. The molecule has 0 heterocycles. The van der Waals surface area contributed by atoms with Crippen molar-refractivity contribution >= 4 is 29.4 Å². The Hall–Kier alpha value is -2.63. The zero-order chi connectivity index (χ0) is 20.4. The number of hydrogen-bond donors (Lipinski definition) is 0. The Kier molecular flexibility index (Phi) is 5.69. The number of hydrogen-bond acceptors (Lipinski definition) is 1. The highest BCUT2D eigenvalue weighted by atomic mass is 31.1. The molecule has 0 bridgehead atoms. The predicted molar refractivity (Wildman–Crippen MR) is 127 cm³/mol. The van der Waals surface area contributed by atoms with Crippen LogP contribution in [0, 0.1) is 0 Å². The molecule has 0 saturated carbocycles. The number of allylic oxidation sites excluding steroid dienone is 4. The van der Waals surface area contributed by atoms with Crippen LogP contribution in [0.15, 0.2) is 95.6 Å². The fourth-order valence-corrected chi connectivity index (χ4v) is 6.54. The molecule has 0 N–H and O–H groups in total. The van der Waals surface area contributed by atoms with Crippen molar-refractivity contribution in [2.24, 2.45) is 0 Å². The highest BCUT2D eigenvalue weighted by molar-refractivity contribution is 7.80. The van der Waals surface area contributed by atoms with Crippen molar-refractivity contribution in [1.29, 1.82) is 0 Å². The third-order valence-corrected chi connectivity index (χ3v) is 8.38. The van der Waals surface area contributed by atoms with Crippen LogP contribution in [-0.4, -0.2) is 7.11 Å². The van der Waals surface area contributed by atoms with Crippen molar-refractivity contribution in [3.05, 3.63) is 101 Å². The van der Waals surface area contributed by atoms with E-state index in [1.165, 1.54) is 43.8 Å². The van der Waals surface area contributed by atoms with E-state index in [-0.39, 0.29) is 0 Å². The van der Waals surface area contributed by atoms with Gasteiger partial charge in [-0.1, -0.05) is 72.3 Å². The summed E-state index contributed by atoms with van der Waals surface area (Å²) in [6, 6.07) is 28.4. The Bertz CT molecular complexity index is 1040. The second-order valence-electron chi connectivity index (χ2n) is 7.58. The van der Waals surface area contributed by atoms with Gasteiger partial charge in [0.15, 0.2) is 0 Å². The predicted octanol–water partition coefficient (Wildman–Crippen LogP) is 5.97. The summed E-state index contributed by atoms with van der Waals surface area (Å²) in [7, 11) is 1.07. The molecule has 0 radical (unpaired) electrons. The SMILES string of the molecule is COc1ccc(C2=C(C)C(C)=C(C)C2)c(P(c2ccccc2)c2ccccc2)c1. The third-order valence-electron chi connectivity index (χ3n) is 5.90. The van der Waals surface area contributed by atoms with Gasteiger partial charge in [-0.05, 0) is 85.4 Å².